The van der Waals surface area contributed by atoms with Gasteiger partial charge in [0.1, 0.15) is 18.2 Å². The fourth-order valence-electron chi connectivity index (χ4n) is 0.678. The number of ether oxygens (including phenoxy) is 1. The molecule has 66 valence electrons. The summed E-state index contributed by atoms with van der Waals surface area (Å²) in [5.41, 5.74) is 5.10. The van der Waals surface area contributed by atoms with Crippen LogP contribution in [0, 0.1) is 5.41 Å². The van der Waals surface area contributed by atoms with E-state index >= 15 is 0 Å². The Hall–Kier alpha value is -1.22. The fourth-order valence-corrected chi connectivity index (χ4v) is 0.678. The van der Waals surface area contributed by atoms with Gasteiger partial charge < -0.3 is 22.9 Å². The van der Waals surface area contributed by atoms with Crippen molar-refractivity contribution >= 4 is 5.84 Å². The molecule has 0 bridgehead atoms. The van der Waals surface area contributed by atoms with Crippen LogP contribution in [0.15, 0.2) is 30.3 Å². The fraction of sp³-hybridized carbons (Fsp3) is 0.125. The monoisotopic (exact) mass is 185 g/mol. The number of benzene rings is 1. The third-order valence-corrected chi connectivity index (χ3v) is 1.14. The molecule has 0 aliphatic rings. The van der Waals surface area contributed by atoms with Gasteiger partial charge in [0.2, 0.25) is 0 Å². The number of hydrogen-bond acceptors (Lipinski definition) is 2. The third kappa shape index (κ3) is 3.83. The number of amidine groups is 1. The van der Waals surface area contributed by atoms with Gasteiger partial charge in [-0.05, 0) is 12.1 Å². The van der Waals surface area contributed by atoms with Crippen molar-refractivity contribution in [3.63, 3.8) is 0 Å². The van der Waals surface area contributed by atoms with E-state index in [4.69, 9.17) is 15.9 Å². The normalized spacial score (nSPS) is 8.33. The maximum atomic E-state index is 6.90. The summed E-state index contributed by atoms with van der Waals surface area (Å²) >= 11 is 0. The van der Waals surface area contributed by atoms with Crippen molar-refractivity contribution in [1.82, 2.24) is 0 Å². The Bertz CT molecular complexity index is 238. The van der Waals surface area contributed by atoms with Gasteiger partial charge in [-0.15, -0.1) is 0 Å². The molecule has 12 heavy (non-hydrogen) atoms. The van der Waals surface area contributed by atoms with Crippen LogP contribution in [0.5, 0.6) is 5.75 Å². The highest BCUT2D eigenvalue weighted by Gasteiger charge is 1.91. The summed E-state index contributed by atoms with van der Waals surface area (Å²) in [5, 5.41) is 6.90. The largest absolute Gasteiger partial charge is 1.00 e. The molecule has 4 heteroatoms. The van der Waals surface area contributed by atoms with Crippen LogP contribution in [0.3, 0.4) is 0 Å². The second-order valence-electron chi connectivity index (χ2n) is 2.13. The molecular weight excluding hydrogens is 176 g/mol. The molecule has 0 saturated heterocycles. The highest BCUT2D eigenvalue weighted by Crippen LogP contribution is 2.07. The molecule has 3 nitrogen and oxygen atoms in total. The van der Waals surface area contributed by atoms with Crippen LogP contribution in [0.4, 0.5) is 0 Å². The summed E-state index contributed by atoms with van der Waals surface area (Å²) in [6.45, 7) is 0.157. The molecule has 0 aromatic heterocycles. The molecule has 0 saturated carbocycles. The lowest BCUT2D eigenvalue weighted by atomic mass is 10.3. The van der Waals surface area contributed by atoms with E-state index in [2.05, 4.69) is 0 Å². The van der Waals surface area contributed by atoms with E-state index < -0.39 is 0 Å². The van der Waals surface area contributed by atoms with Crippen molar-refractivity contribution in [2.75, 3.05) is 6.61 Å². The lowest BCUT2D eigenvalue weighted by molar-refractivity contribution is -0.00000297. The van der Waals surface area contributed by atoms with Crippen molar-refractivity contribution in [3.05, 3.63) is 30.3 Å². The molecule has 0 fully saturated rings. The number of halogens is 1. The Labute approximate surface area is 77.5 Å². The predicted octanol–water partition coefficient (Wildman–Crippen LogP) is -1.99. The quantitative estimate of drug-likeness (QED) is 0.423. The summed E-state index contributed by atoms with van der Waals surface area (Å²) in [5.74, 6) is 0.775. The van der Waals surface area contributed by atoms with Crippen molar-refractivity contribution in [3.8, 4) is 5.75 Å². The van der Waals surface area contributed by atoms with E-state index in [0.29, 0.717) is 0 Å². The minimum Gasteiger partial charge on any atom is -1.00 e. The van der Waals surface area contributed by atoms with Crippen LogP contribution in [0.25, 0.3) is 0 Å². The maximum Gasteiger partial charge on any atom is 0.145 e. The van der Waals surface area contributed by atoms with Gasteiger partial charge >= 0.3 is 0 Å². The number of hydrogen-bond donors (Lipinski definition) is 2. The Balaban J connectivity index is 0.00000121. The van der Waals surface area contributed by atoms with Crippen molar-refractivity contribution in [2.45, 2.75) is 0 Å². The van der Waals surface area contributed by atoms with Crippen LogP contribution >= 0.6 is 0 Å². The van der Waals surface area contributed by atoms with Gasteiger partial charge in [0.15, 0.2) is 0 Å². The zero-order valence-electron chi connectivity index (χ0n) is 6.46. The van der Waals surface area contributed by atoms with Crippen molar-refractivity contribution in [1.29, 1.82) is 5.41 Å². The minimum absolute atomic E-state index is 0. The number of rotatable bonds is 3. The lowest BCUT2D eigenvalue weighted by Crippen LogP contribution is -3.00. The summed E-state index contributed by atoms with van der Waals surface area (Å²) in [7, 11) is 0. The van der Waals surface area contributed by atoms with E-state index in [1.165, 1.54) is 0 Å². The predicted molar refractivity (Wildman–Crippen MR) is 43.9 cm³/mol. The van der Waals surface area contributed by atoms with E-state index in [1.807, 2.05) is 30.3 Å². The van der Waals surface area contributed by atoms with E-state index in [0.717, 1.165) is 5.75 Å². The van der Waals surface area contributed by atoms with Crippen LogP contribution in [-0.4, -0.2) is 12.4 Å². The summed E-state index contributed by atoms with van der Waals surface area (Å²) in [6, 6.07) is 9.29. The number of para-hydroxylation sites is 1. The first kappa shape index (κ1) is 10.8. The Morgan fingerprint density at radius 1 is 1.33 bits per heavy atom. The molecule has 0 heterocycles. The van der Waals surface area contributed by atoms with Crippen LogP contribution in [0.2, 0.25) is 0 Å². The maximum absolute atomic E-state index is 6.90. The summed E-state index contributed by atoms with van der Waals surface area (Å²) < 4.78 is 5.12. The van der Waals surface area contributed by atoms with Crippen LogP contribution in [0.1, 0.15) is 0 Å². The zero-order valence-corrected chi connectivity index (χ0v) is 7.21. The van der Waals surface area contributed by atoms with Gasteiger partial charge in [-0.1, -0.05) is 18.2 Å². The minimum atomic E-state index is 0. The number of nitrogens with one attached hydrogen (secondary N) is 1. The summed E-state index contributed by atoms with van der Waals surface area (Å²) in [4.78, 5) is 0. The molecule has 3 N–H and O–H groups in total. The third-order valence-electron chi connectivity index (χ3n) is 1.14. The SMILES string of the molecule is N=C(N)COc1ccccc1.[Cl-]. The first-order valence-electron chi connectivity index (χ1n) is 3.30. The second kappa shape index (κ2) is 5.43. The van der Waals surface area contributed by atoms with Crippen LogP contribution < -0.4 is 22.9 Å². The molecule has 1 aromatic carbocycles. The average molecular weight is 186 g/mol. The van der Waals surface area contributed by atoms with E-state index in [1.54, 1.807) is 0 Å². The lowest BCUT2D eigenvalue weighted by Gasteiger charge is -2.02. The molecule has 1 aromatic rings. The van der Waals surface area contributed by atoms with Gasteiger partial charge in [-0.25, -0.2) is 0 Å². The molecule has 0 amide bonds. The average Bonchev–Trinajstić information content (AvgIpc) is 2.03. The van der Waals surface area contributed by atoms with E-state index in [-0.39, 0.29) is 24.8 Å². The highest BCUT2D eigenvalue weighted by atomic mass is 35.5. The Morgan fingerprint density at radius 2 is 1.92 bits per heavy atom. The number of nitrogens with two attached hydrogens (primary N) is 1. The van der Waals surface area contributed by atoms with E-state index in [9.17, 15) is 0 Å². The first-order chi connectivity index (χ1) is 5.29. The highest BCUT2D eigenvalue weighted by molar-refractivity contribution is 5.78. The topological polar surface area (TPSA) is 59.1 Å². The van der Waals surface area contributed by atoms with Crippen molar-refractivity contribution in [2.24, 2.45) is 5.73 Å². The zero-order chi connectivity index (χ0) is 8.10. The molecule has 0 aliphatic carbocycles. The molecule has 0 atom stereocenters. The Morgan fingerprint density at radius 3 is 2.42 bits per heavy atom. The van der Waals surface area contributed by atoms with Gasteiger partial charge in [0.05, 0.1) is 0 Å². The Kier molecular flexibility index (Phi) is 4.88. The smallest absolute Gasteiger partial charge is 0.145 e. The van der Waals surface area contributed by atoms with Crippen molar-refractivity contribution < 1.29 is 17.1 Å². The molecule has 0 unspecified atom stereocenters. The van der Waals surface area contributed by atoms with Gasteiger partial charge in [0, 0.05) is 0 Å². The standard InChI is InChI=1S/C8H10N2O.ClH/c9-8(10)6-11-7-4-2-1-3-5-7;/h1-5H,6H2,(H3,9,10);1H/p-1. The van der Waals surface area contributed by atoms with Gasteiger partial charge in [0.25, 0.3) is 0 Å². The van der Waals surface area contributed by atoms with Crippen LogP contribution in [-0.2, 0) is 0 Å². The molecule has 0 spiro atoms. The second-order valence-corrected chi connectivity index (χ2v) is 2.13. The first-order valence-corrected chi connectivity index (χ1v) is 3.30. The molecular formula is C8H10ClN2O-. The summed E-state index contributed by atoms with van der Waals surface area (Å²) in [6.07, 6.45) is 0. The molecule has 0 radical (unpaired) electrons. The van der Waals surface area contributed by atoms with Gasteiger partial charge in [-0.2, -0.15) is 0 Å². The molecule has 0 aliphatic heterocycles. The van der Waals surface area contributed by atoms with Gasteiger partial charge in [-0.3, -0.25) is 5.41 Å². The molecule has 1 rings (SSSR count).